The van der Waals surface area contributed by atoms with Crippen molar-refractivity contribution in [2.45, 2.75) is 33.1 Å². The highest BCUT2D eigenvalue weighted by Gasteiger charge is 2.18. The zero-order chi connectivity index (χ0) is 14.7. The summed E-state index contributed by atoms with van der Waals surface area (Å²) in [6.45, 7) is 6.04. The van der Waals surface area contributed by atoms with Crippen molar-refractivity contribution in [3.05, 3.63) is 53.2 Å². The molecule has 20 heavy (non-hydrogen) atoms. The number of carboxylic acids is 1. The molecule has 0 radical (unpaired) electrons. The molecule has 0 amide bonds. The van der Waals surface area contributed by atoms with Crippen molar-refractivity contribution in [3.63, 3.8) is 0 Å². The summed E-state index contributed by atoms with van der Waals surface area (Å²) in [6, 6.07) is 11.7. The van der Waals surface area contributed by atoms with E-state index in [4.69, 9.17) is 0 Å². The van der Waals surface area contributed by atoms with Gasteiger partial charge in [-0.15, -0.1) is 0 Å². The predicted octanol–water partition coefficient (Wildman–Crippen LogP) is 4.13. The second-order valence-electron chi connectivity index (χ2n) is 5.10. The largest absolute Gasteiger partial charge is 0.478 e. The number of aromatic carboxylic acids is 1. The first-order valence-electron chi connectivity index (χ1n) is 6.87. The maximum Gasteiger partial charge on any atom is 0.337 e. The summed E-state index contributed by atoms with van der Waals surface area (Å²) in [5, 5.41) is 9.32. The molecule has 0 aliphatic rings. The minimum Gasteiger partial charge on any atom is -0.478 e. The van der Waals surface area contributed by atoms with Gasteiger partial charge in [-0.05, 0) is 24.0 Å². The van der Waals surface area contributed by atoms with E-state index in [1.54, 1.807) is 6.07 Å². The van der Waals surface area contributed by atoms with Gasteiger partial charge in [-0.25, -0.2) is 4.79 Å². The molecule has 1 aromatic carbocycles. The smallest absolute Gasteiger partial charge is 0.337 e. The van der Waals surface area contributed by atoms with Crippen LogP contribution in [0.2, 0.25) is 0 Å². The van der Waals surface area contributed by atoms with Crippen LogP contribution < -0.4 is 0 Å². The first kappa shape index (κ1) is 14.3. The van der Waals surface area contributed by atoms with Crippen LogP contribution in [-0.4, -0.2) is 16.1 Å². The molecule has 0 aliphatic carbocycles. The highest BCUT2D eigenvalue weighted by molar-refractivity contribution is 5.90. The number of pyridine rings is 1. The summed E-state index contributed by atoms with van der Waals surface area (Å²) in [5.74, 6) is -0.683. The first-order valence-corrected chi connectivity index (χ1v) is 6.87. The van der Waals surface area contributed by atoms with Crippen molar-refractivity contribution < 1.29 is 9.90 Å². The van der Waals surface area contributed by atoms with Crippen LogP contribution in [-0.2, 0) is 6.42 Å². The molecule has 3 nitrogen and oxygen atoms in total. The molecule has 0 atom stereocenters. The molecule has 0 aliphatic heterocycles. The molecule has 104 valence electrons. The predicted molar refractivity (Wildman–Crippen MR) is 80.1 cm³/mol. The van der Waals surface area contributed by atoms with Crippen LogP contribution in [0.1, 0.15) is 48.3 Å². The molecular formula is C17H19NO2. The molecule has 0 fully saturated rings. The fraction of sp³-hybridized carbons (Fsp3) is 0.294. The van der Waals surface area contributed by atoms with E-state index in [1.165, 1.54) is 0 Å². The van der Waals surface area contributed by atoms with Gasteiger partial charge >= 0.3 is 5.97 Å². The van der Waals surface area contributed by atoms with Gasteiger partial charge in [-0.3, -0.25) is 4.98 Å². The van der Waals surface area contributed by atoms with Gasteiger partial charge in [-0.2, -0.15) is 0 Å². The van der Waals surface area contributed by atoms with Crippen molar-refractivity contribution in [2.75, 3.05) is 0 Å². The number of hydrogen-bond acceptors (Lipinski definition) is 2. The molecule has 2 aromatic rings. The Morgan fingerprint density at radius 3 is 2.40 bits per heavy atom. The van der Waals surface area contributed by atoms with Crippen LogP contribution in [0.5, 0.6) is 0 Å². The summed E-state index contributed by atoms with van der Waals surface area (Å²) < 4.78 is 0. The van der Waals surface area contributed by atoms with E-state index in [1.807, 2.05) is 37.3 Å². The molecule has 1 N–H and O–H groups in total. The van der Waals surface area contributed by atoms with Gasteiger partial charge in [0.2, 0.25) is 0 Å². The number of nitrogens with zero attached hydrogens (tertiary/aromatic N) is 1. The van der Waals surface area contributed by atoms with Gasteiger partial charge in [0, 0.05) is 5.56 Å². The van der Waals surface area contributed by atoms with Gasteiger partial charge in [0.15, 0.2) is 0 Å². The average molecular weight is 269 g/mol. The number of aryl methyl sites for hydroxylation is 1. The normalized spacial score (nSPS) is 10.8. The monoisotopic (exact) mass is 269 g/mol. The van der Waals surface area contributed by atoms with Crippen LogP contribution in [0, 0.1) is 0 Å². The number of aromatic nitrogens is 1. The van der Waals surface area contributed by atoms with E-state index in [9.17, 15) is 9.90 Å². The van der Waals surface area contributed by atoms with Crippen LogP contribution in [0.4, 0.5) is 0 Å². The van der Waals surface area contributed by atoms with E-state index in [0.717, 1.165) is 16.8 Å². The lowest BCUT2D eigenvalue weighted by molar-refractivity contribution is 0.0695. The third-order valence-electron chi connectivity index (χ3n) is 3.37. The van der Waals surface area contributed by atoms with E-state index < -0.39 is 5.97 Å². The Bertz CT molecular complexity index is 618. The first-order chi connectivity index (χ1) is 9.54. The van der Waals surface area contributed by atoms with Crippen LogP contribution in [0.15, 0.2) is 36.4 Å². The summed E-state index contributed by atoms with van der Waals surface area (Å²) in [5.41, 5.74) is 3.85. The highest BCUT2D eigenvalue weighted by Crippen LogP contribution is 2.29. The summed E-state index contributed by atoms with van der Waals surface area (Å²) in [4.78, 5) is 16.0. The number of hydrogen-bond donors (Lipinski definition) is 1. The lowest BCUT2D eigenvalue weighted by Gasteiger charge is -2.15. The zero-order valence-electron chi connectivity index (χ0n) is 12.1. The van der Waals surface area contributed by atoms with E-state index in [0.29, 0.717) is 17.7 Å². The number of rotatable bonds is 4. The SMILES string of the molecule is CCc1nc(-c2ccccc2)c(C(C)C)cc1C(=O)O. The molecular weight excluding hydrogens is 250 g/mol. The van der Waals surface area contributed by atoms with Crippen molar-refractivity contribution in [1.29, 1.82) is 0 Å². The summed E-state index contributed by atoms with van der Waals surface area (Å²) >= 11 is 0. The summed E-state index contributed by atoms with van der Waals surface area (Å²) in [6.07, 6.45) is 0.611. The van der Waals surface area contributed by atoms with E-state index >= 15 is 0 Å². The molecule has 1 heterocycles. The fourth-order valence-corrected chi connectivity index (χ4v) is 2.29. The fourth-order valence-electron chi connectivity index (χ4n) is 2.29. The molecule has 0 bridgehead atoms. The second-order valence-corrected chi connectivity index (χ2v) is 5.10. The van der Waals surface area contributed by atoms with Crippen LogP contribution in [0.3, 0.4) is 0 Å². The van der Waals surface area contributed by atoms with Gasteiger partial charge in [0.1, 0.15) is 0 Å². The number of carbonyl (C=O) groups is 1. The lowest BCUT2D eigenvalue weighted by Crippen LogP contribution is -2.08. The Kier molecular flexibility index (Phi) is 4.18. The molecule has 1 aromatic heterocycles. The minimum absolute atomic E-state index is 0.224. The van der Waals surface area contributed by atoms with E-state index in [2.05, 4.69) is 18.8 Å². The van der Waals surface area contributed by atoms with Gasteiger partial charge in [0.25, 0.3) is 0 Å². The molecule has 3 heteroatoms. The van der Waals surface area contributed by atoms with E-state index in [-0.39, 0.29) is 5.92 Å². The Labute approximate surface area is 119 Å². The van der Waals surface area contributed by atoms with Crippen molar-refractivity contribution in [3.8, 4) is 11.3 Å². The van der Waals surface area contributed by atoms with Gasteiger partial charge < -0.3 is 5.11 Å². The van der Waals surface area contributed by atoms with Crippen molar-refractivity contribution in [1.82, 2.24) is 4.98 Å². The number of carboxylic acid groups (broad SMARTS) is 1. The maximum atomic E-state index is 11.4. The Hall–Kier alpha value is -2.16. The van der Waals surface area contributed by atoms with Gasteiger partial charge in [0.05, 0.1) is 17.0 Å². The number of benzene rings is 1. The minimum atomic E-state index is -0.907. The molecule has 0 saturated carbocycles. The molecule has 2 rings (SSSR count). The van der Waals surface area contributed by atoms with Crippen molar-refractivity contribution in [2.24, 2.45) is 0 Å². The Morgan fingerprint density at radius 2 is 1.90 bits per heavy atom. The van der Waals surface area contributed by atoms with Crippen LogP contribution >= 0.6 is 0 Å². The summed E-state index contributed by atoms with van der Waals surface area (Å²) in [7, 11) is 0. The lowest BCUT2D eigenvalue weighted by atomic mass is 9.94. The Morgan fingerprint density at radius 1 is 1.25 bits per heavy atom. The van der Waals surface area contributed by atoms with Crippen LogP contribution in [0.25, 0.3) is 11.3 Å². The molecule has 0 unspecified atom stereocenters. The standard InChI is InChI=1S/C17H19NO2/c1-4-15-14(17(19)20)10-13(11(2)3)16(18-15)12-8-6-5-7-9-12/h5-11H,4H2,1-3H3,(H,19,20). The molecule has 0 spiro atoms. The second kappa shape index (κ2) is 5.87. The third kappa shape index (κ3) is 2.72. The topological polar surface area (TPSA) is 50.2 Å². The highest BCUT2D eigenvalue weighted by atomic mass is 16.4. The third-order valence-corrected chi connectivity index (χ3v) is 3.37. The average Bonchev–Trinajstić information content (AvgIpc) is 2.46. The Balaban J connectivity index is 2.70. The molecule has 0 saturated heterocycles. The zero-order valence-corrected chi connectivity index (χ0v) is 12.1. The quantitative estimate of drug-likeness (QED) is 0.907. The van der Waals surface area contributed by atoms with Gasteiger partial charge in [-0.1, -0.05) is 51.1 Å². The van der Waals surface area contributed by atoms with Crippen molar-refractivity contribution >= 4 is 5.97 Å². The maximum absolute atomic E-state index is 11.4.